The van der Waals surface area contributed by atoms with Gasteiger partial charge in [-0.25, -0.2) is 0 Å². The maximum atomic E-state index is 5.80. The van der Waals surface area contributed by atoms with Crippen LogP contribution in [0.15, 0.2) is 0 Å². The minimum atomic E-state index is -0.375. The molecule has 0 N–H and O–H groups in total. The Labute approximate surface area is 120 Å². The predicted molar refractivity (Wildman–Crippen MR) is 70.9 cm³/mol. The molecule has 2 aliphatic rings. The first-order chi connectivity index (χ1) is 8.36. The molecule has 0 amide bonds. The molecule has 0 aromatic carbocycles. The molecule has 2 unspecified atom stereocenters. The van der Waals surface area contributed by atoms with E-state index in [1.807, 2.05) is 27.7 Å². The molecule has 0 radical (unpaired) electrons. The fourth-order valence-corrected chi connectivity index (χ4v) is 9.08. The molecule has 0 saturated carbocycles. The van der Waals surface area contributed by atoms with Gasteiger partial charge in [0, 0.05) is 0 Å². The van der Waals surface area contributed by atoms with Crippen molar-refractivity contribution < 1.29 is 18.9 Å². The van der Waals surface area contributed by atoms with Gasteiger partial charge in [-0.2, -0.15) is 0 Å². The van der Waals surface area contributed by atoms with Crippen LogP contribution in [0.3, 0.4) is 0 Å². The van der Waals surface area contributed by atoms with Crippen molar-refractivity contribution in [3.05, 3.63) is 0 Å². The van der Waals surface area contributed by atoms with Crippen LogP contribution in [0.5, 0.6) is 0 Å². The van der Waals surface area contributed by atoms with Crippen LogP contribution in [0.4, 0.5) is 0 Å². The van der Waals surface area contributed by atoms with Gasteiger partial charge in [0.2, 0.25) is 0 Å². The Morgan fingerprint density at radius 2 is 1.22 bits per heavy atom. The topological polar surface area (TPSA) is 36.9 Å². The van der Waals surface area contributed by atoms with Gasteiger partial charge in [-0.1, -0.05) is 0 Å². The van der Waals surface area contributed by atoms with Crippen molar-refractivity contribution in [1.29, 1.82) is 0 Å². The van der Waals surface area contributed by atoms with Gasteiger partial charge in [0.05, 0.1) is 0 Å². The molecule has 0 aromatic rings. The van der Waals surface area contributed by atoms with Crippen molar-refractivity contribution in [1.82, 2.24) is 0 Å². The molecule has 2 atom stereocenters. The van der Waals surface area contributed by atoms with Gasteiger partial charge in [-0.05, 0) is 0 Å². The zero-order valence-corrected chi connectivity index (χ0v) is 14.9. The van der Waals surface area contributed by atoms with E-state index in [1.165, 1.54) is 0 Å². The Morgan fingerprint density at radius 3 is 1.50 bits per heavy atom. The molecule has 2 saturated heterocycles. The molecule has 0 aliphatic carbocycles. The molecule has 2 fully saturated rings. The number of ether oxygens (including phenoxy) is 4. The summed E-state index contributed by atoms with van der Waals surface area (Å²) in [5, 5.41) is 2.32. The fraction of sp³-hybridized carbons (Fsp3) is 1.00. The SMILES string of the molecule is CC1(C)OCC(C[Se][Se]CC2COC(C)(C)O2)O1. The Hall–Kier alpha value is 0.879. The van der Waals surface area contributed by atoms with Crippen molar-refractivity contribution >= 4 is 26.3 Å². The third-order valence-electron chi connectivity index (χ3n) is 2.73. The van der Waals surface area contributed by atoms with Gasteiger partial charge in [0.15, 0.2) is 0 Å². The standard InChI is InChI=1S/C12H22O4Se2/c1-11(2)13-5-9(15-11)7-17-18-8-10-6-14-12(3,4)16-10/h9-10H,5-8H2,1-4H3. The second kappa shape index (κ2) is 6.11. The first kappa shape index (κ1) is 15.3. The van der Waals surface area contributed by atoms with Gasteiger partial charge < -0.3 is 0 Å². The molecule has 4 nitrogen and oxygen atoms in total. The summed E-state index contributed by atoms with van der Waals surface area (Å²) < 4.78 is 22.7. The van der Waals surface area contributed by atoms with Crippen LogP contribution < -0.4 is 0 Å². The van der Waals surface area contributed by atoms with Gasteiger partial charge in [-0.15, -0.1) is 0 Å². The van der Waals surface area contributed by atoms with E-state index >= 15 is 0 Å². The van der Waals surface area contributed by atoms with E-state index < -0.39 is 0 Å². The summed E-state index contributed by atoms with van der Waals surface area (Å²) in [6, 6.07) is 0. The Kier molecular flexibility index (Phi) is 5.18. The third kappa shape index (κ3) is 4.77. The monoisotopic (exact) mass is 390 g/mol. The second-order valence-electron chi connectivity index (χ2n) is 5.47. The average Bonchev–Trinajstić information content (AvgIpc) is 2.76. The van der Waals surface area contributed by atoms with Crippen LogP contribution in [-0.2, 0) is 18.9 Å². The average molecular weight is 388 g/mol. The van der Waals surface area contributed by atoms with E-state index in [2.05, 4.69) is 0 Å². The van der Waals surface area contributed by atoms with Crippen LogP contribution in [0, 0.1) is 0 Å². The Bertz CT molecular complexity index is 255. The van der Waals surface area contributed by atoms with Crippen molar-refractivity contribution in [3.8, 4) is 0 Å². The van der Waals surface area contributed by atoms with Crippen molar-refractivity contribution in [2.45, 2.75) is 62.1 Å². The summed E-state index contributed by atoms with van der Waals surface area (Å²) >= 11 is 1.33. The second-order valence-corrected chi connectivity index (χ2v) is 13.0. The molecular weight excluding hydrogens is 366 g/mol. The molecule has 6 heteroatoms. The molecule has 0 bridgehead atoms. The van der Waals surface area contributed by atoms with E-state index in [-0.39, 0.29) is 11.6 Å². The minimum absolute atomic E-state index is 0.305. The van der Waals surface area contributed by atoms with Gasteiger partial charge >= 0.3 is 121 Å². The van der Waals surface area contributed by atoms with Gasteiger partial charge in [-0.3, -0.25) is 0 Å². The van der Waals surface area contributed by atoms with E-state index in [0.717, 1.165) is 23.9 Å². The zero-order chi connectivity index (χ0) is 13.2. The molecule has 18 heavy (non-hydrogen) atoms. The van der Waals surface area contributed by atoms with Crippen LogP contribution in [0.1, 0.15) is 27.7 Å². The summed E-state index contributed by atoms with van der Waals surface area (Å²) in [4.78, 5) is 0. The molecule has 0 spiro atoms. The first-order valence-electron chi connectivity index (χ1n) is 6.24. The molecular formula is C12H22O4Se2. The Morgan fingerprint density at radius 1 is 0.833 bits per heavy atom. The summed E-state index contributed by atoms with van der Waals surface area (Å²) in [5.41, 5.74) is 0. The number of hydrogen-bond acceptors (Lipinski definition) is 4. The first-order valence-corrected chi connectivity index (χ1v) is 13.0. The van der Waals surface area contributed by atoms with E-state index in [4.69, 9.17) is 18.9 Å². The normalized spacial score (nSPS) is 34.0. The van der Waals surface area contributed by atoms with Crippen molar-refractivity contribution in [2.75, 3.05) is 13.2 Å². The van der Waals surface area contributed by atoms with Crippen LogP contribution in [0.25, 0.3) is 0 Å². The van der Waals surface area contributed by atoms with E-state index in [1.54, 1.807) is 0 Å². The molecule has 106 valence electrons. The van der Waals surface area contributed by atoms with E-state index in [9.17, 15) is 0 Å². The van der Waals surface area contributed by atoms with Crippen LogP contribution in [-0.4, -0.2) is 63.3 Å². The summed E-state index contributed by atoms with van der Waals surface area (Å²) in [5.74, 6) is -0.750. The zero-order valence-electron chi connectivity index (χ0n) is 11.4. The number of hydrogen-bond donors (Lipinski definition) is 0. The van der Waals surface area contributed by atoms with Crippen LogP contribution >= 0.6 is 0 Å². The van der Waals surface area contributed by atoms with Crippen molar-refractivity contribution in [3.63, 3.8) is 0 Å². The van der Waals surface area contributed by atoms with Gasteiger partial charge in [0.1, 0.15) is 0 Å². The maximum absolute atomic E-state index is 5.80. The van der Waals surface area contributed by atoms with Crippen molar-refractivity contribution in [2.24, 2.45) is 0 Å². The molecule has 2 aliphatic heterocycles. The number of rotatable bonds is 5. The summed E-state index contributed by atoms with van der Waals surface area (Å²) in [6.07, 6.45) is 0.609. The predicted octanol–water partition coefficient (Wildman–Crippen LogP) is 1.45. The summed E-state index contributed by atoms with van der Waals surface area (Å²) in [7, 11) is 0. The van der Waals surface area contributed by atoms with Crippen LogP contribution in [0.2, 0.25) is 10.6 Å². The molecule has 0 aromatic heterocycles. The fourth-order valence-electron chi connectivity index (χ4n) is 1.94. The summed E-state index contributed by atoms with van der Waals surface area (Å²) in [6.45, 7) is 9.43. The quantitative estimate of drug-likeness (QED) is 0.528. The molecule has 2 rings (SSSR count). The third-order valence-corrected chi connectivity index (χ3v) is 9.99. The molecule has 2 heterocycles. The Balaban J connectivity index is 1.55. The van der Waals surface area contributed by atoms with E-state index in [0.29, 0.717) is 38.5 Å². The van der Waals surface area contributed by atoms with Gasteiger partial charge in [0.25, 0.3) is 0 Å².